The smallest absolute Gasteiger partial charge is 0.00362 e. The predicted octanol–water partition coefficient (Wildman–Crippen LogP) is 3.45. The van der Waals surface area contributed by atoms with Crippen LogP contribution in [0.25, 0.3) is 0 Å². The van der Waals surface area contributed by atoms with Crippen molar-refractivity contribution in [3.8, 4) is 0 Å². The lowest BCUT2D eigenvalue weighted by Gasteiger charge is -2.23. The third-order valence-electron chi connectivity index (χ3n) is 3.31. The predicted molar refractivity (Wildman–Crippen MR) is 61.0 cm³/mol. The van der Waals surface area contributed by atoms with Crippen LogP contribution in [0.1, 0.15) is 53.9 Å². The van der Waals surface area contributed by atoms with E-state index in [1.807, 2.05) is 0 Å². The molecule has 0 bridgehead atoms. The molecule has 0 radical (unpaired) electrons. The summed E-state index contributed by atoms with van der Waals surface area (Å²) in [6, 6.07) is 0.679. The van der Waals surface area contributed by atoms with E-state index in [-0.39, 0.29) is 0 Å². The van der Waals surface area contributed by atoms with Gasteiger partial charge in [-0.3, -0.25) is 0 Å². The minimum absolute atomic E-state index is 0.679. The first kappa shape index (κ1) is 13.0. The molecule has 0 aliphatic heterocycles. The average Bonchev–Trinajstić information content (AvgIpc) is 2.17. The second-order valence-electron chi connectivity index (χ2n) is 4.27. The van der Waals surface area contributed by atoms with Crippen LogP contribution in [0.3, 0.4) is 0 Å². The first-order valence-electron chi connectivity index (χ1n) is 5.88. The van der Waals surface area contributed by atoms with Gasteiger partial charge in [-0.25, -0.2) is 0 Å². The zero-order chi connectivity index (χ0) is 10.3. The summed E-state index contributed by atoms with van der Waals surface area (Å²) in [5, 5.41) is 3.60. The molecule has 0 rings (SSSR count). The minimum atomic E-state index is 0.679. The molecule has 0 amide bonds. The SMILES string of the molecule is CCC(C)[C@@H](CC)CN[C@H](C)CC. The van der Waals surface area contributed by atoms with Gasteiger partial charge in [0.1, 0.15) is 0 Å². The molecule has 1 nitrogen and oxygen atoms in total. The lowest BCUT2D eigenvalue weighted by atomic mass is 9.89. The van der Waals surface area contributed by atoms with Crippen LogP contribution in [0.4, 0.5) is 0 Å². The molecule has 0 aromatic heterocycles. The number of hydrogen-bond donors (Lipinski definition) is 1. The van der Waals surface area contributed by atoms with Crippen molar-refractivity contribution in [3.05, 3.63) is 0 Å². The highest BCUT2D eigenvalue weighted by atomic mass is 14.9. The number of hydrogen-bond acceptors (Lipinski definition) is 1. The highest BCUT2D eigenvalue weighted by molar-refractivity contribution is 4.68. The Bertz CT molecular complexity index is 112. The Kier molecular flexibility index (Phi) is 7.35. The molecule has 0 saturated heterocycles. The van der Waals surface area contributed by atoms with Crippen molar-refractivity contribution in [2.45, 2.75) is 59.9 Å². The lowest BCUT2D eigenvalue weighted by Crippen LogP contribution is -2.32. The summed E-state index contributed by atoms with van der Waals surface area (Å²) in [7, 11) is 0. The maximum Gasteiger partial charge on any atom is 0.00362 e. The molecule has 0 spiro atoms. The minimum Gasteiger partial charge on any atom is -0.314 e. The Labute approximate surface area is 84.3 Å². The van der Waals surface area contributed by atoms with Gasteiger partial charge in [0, 0.05) is 6.04 Å². The maximum atomic E-state index is 3.60. The summed E-state index contributed by atoms with van der Waals surface area (Å²) in [6.45, 7) is 12.7. The Morgan fingerprint density at radius 2 is 1.54 bits per heavy atom. The van der Waals surface area contributed by atoms with E-state index in [2.05, 4.69) is 39.9 Å². The molecule has 3 atom stereocenters. The van der Waals surface area contributed by atoms with Crippen molar-refractivity contribution in [3.63, 3.8) is 0 Å². The zero-order valence-corrected chi connectivity index (χ0v) is 10.1. The van der Waals surface area contributed by atoms with Crippen LogP contribution in [0.15, 0.2) is 0 Å². The van der Waals surface area contributed by atoms with Crippen molar-refractivity contribution in [2.24, 2.45) is 11.8 Å². The molecule has 80 valence electrons. The highest BCUT2D eigenvalue weighted by Gasteiger charge is 2.13. The second kappa shape index (κ2) is 7.37. The molecule has 0 fully saturated rings. The van der Waals surface area contributed by atoms with Gasteiger partial charge in [0.2, 0.25) is 0 Å². The first-order valence-corrected chi connectivity index (χ1v) is 5.88. The fraction of sp³-hybridized carbons (Fsp3) is 1.00. The lowest BCUT2D eigenvalue weighted by molar-refractivity contribution is 0.309. The van der Waals surface area contributed by atoms with Crippen molar-refractivity contribution in [1.82, 2.24) is 5.32 Å². The largest absolute Gasteiger partial charge is 0.314 e. The topological polar surface area (TPSA) is 12.0 Å². The normalized spacial score (nSPS) is 18.2. The highest BCUT2D eigenvalue weighted by Crippen LogP contribution is 2.17. The molecule has 0 aromatic carbocycles. The fourth-order valence-corrected chi connectivity index (χ4v) is 1.58. The zero-order valence-electron chi connectivity index (χ0n) is 10.1. The van der Waals surface area contributed by atoms with Gasteiger partial charge in [-0.1, -0.05) is 40.5 Å². The Morgan fingerprint density at radius 1 is 0.923 bits per heavy atom. The molecule has 13 heavy (non-hydrogen) atoms. The van der Waals surface area contributed by atoms with Gasteiger partial charge in [-0.2, -0.15) is 0 Å². The fourth-order valence-electron chi connectivity index (χ4n) is 1.58. The first-order chi connectivity index (χ1) is 6.15. The monoisotopic (exact) mass is 185 g/mol. The van der Waals surface area contributed by atoms with E-state index >= 15 is 0 Å². The average molecular weight is 185 g/mol. The molecular formula is C12H27N. The van der Waals surface area contributed by atoms with Gasteiger partial charge in [-0.05, 0) is 31.7 Å². The number of rotatable bonds is 7. The second-order valence-corrected chi connectivity index (χ2v) is 4.27. The van der Waals surface area contributed by atoms with Crippen molar-refractivity contribution in [1.29, 1.82) is 0 Å². The third kappa shape index (κ3) is 5.30. The van der Waals surface area contributed by atoms with E-state index in [0.29, 0.717) is 6.04 Å². The molecule has 0 aromatic rings. The summed E-state index contributed by atoms with van der Waals surface area (Å²) in [6.07, 6.45) is 3.84. The summed E-state index contributed by atoms with van der Waals surface area (Å²) in [5.41, 5.74) is 0. The third-order valence-corrected chi connectivity index (χ3v) is 3.31. The van der Waals surface area contributed by atoms with Gasteiger partial charge < -0.3 is 5.32 Å². The summed E-state index contributed by atoms with van der Waals surface area (Å²) in [5.74, 6) is 1.72. The standard InChI is InChI=1S/C12H27N/c1-6-10(4)12(8-3)9-13-11(5)7-2/h10-13H,6-9H2,1-5H3/t10?,11-,12+/m1/s1. The van der Waals surface area contributed by atoms with E-state index in [1.165, 1.54) is 25.8 Å². The van der Waals surface area contributed by atoms with E-state index < -0.39 is 0 Å². The van der Waals surface area contributed by atoms with E-state index in [9.17, 15) is 0 Å². The molecule has 1 unspecified atom stereocenters. The van der Waals surface area contributed by atoms with Crippen LogP contribution in [0.5, 0.6) is 0 Å². The van der Waals surface area contributed by atoms with E-state index in [0.717, 1.165) is 11.8 Å². The van der Waals surface area contributed by atoms with Crippen LogP contribution in [-0.4, -0.2) is 12.6 Å². The van der Waals surface area contributed by atoms with Crippen LogP contribution in [0.2, 0.25) is 0 Å². The molecule has 0 heterocycles. The maximum absolute atomic E-state index is 3.60. The van der Waals surface area contributed by atoms with Crippen LogP contribution >= 0.6 is 0 Å². The van der Waals surface area contributed by atoms with Crippen molar-refractivity contribution in [2.75, 3.05) is 6.54 Å². The van der Waals surface area contributed by atoms with Crippen LogP contribution in [0, 0.1) is 11.8 Å². The summed E-state index contributed by atoms with van der Waals surface area (Å²) >= 11 is 0. The van der Waals surface area contributed by atoms with Gasteiger partial charge >= 0.3 is 0 Å². The molecule has 1 N–H and O–H groups in total. The quantitative estimate of drug-likeness (QED) is 0.640. The molecule has 0 aliphatic carbocycles. The van der Waals surface area contributed by atoms with Crippen LogP contribution in [-0.2, 0) is 0 Å². The Hall–Kier alpha value is -0.0400. The van der Waals surface area contributed by atoms with Gasteiger partial charge in [0.05, 0.1) is 0 Å². The summed E-state index contributed by atoms with van der Waals surface area (Å²) in [4.78, 5) is 0. The summed E-state index contributed by atoms with van der Waals surface area (Å²) < 4.78 is 0. The van der Waals surface area contributed by atoms with E-state index in [4.69, 9.17) is 0 Å². The Balaban J connectivity index is 3.71. The van der Waals surface area contributed by atoms with Gasteiger partial charge in [0.15, 0.2) is 0 Å². The number of nitrogens with one attached hydrogen (secondary N) is 1. The van der Waals surface area contributed by atoms with E-state index in [1.54, 1.807) is 0 Å². The Morgan fingerprint density at radius 3 is 1.92 bits per heavy atom. The van der Waals surface area contributed by atoms with Crippen molar-refractivity contribution < 1.29 is 0 Å². The molecule has 0 aliphatic rings. The van der Waals surface area contributed by atoms with Gasteiger partial charge in [0.25, 0.3) is 0 Å². The van der Waals surface area contributed by atoms with Crippen LogP contribution < -0.4 is 5.32 Å². The molecular weight excluding hydrogens is 158 g/mol. The molecule has 0 saturated carbocycles. The van der Waals surface area contributed by atoms with Crippen molar-refractivity contribution >= 4 is 0 Å². The molecule has 1 heteroatoms. The van der Waals surface area contributed by atoms with Gasteiger partial charge in [-0.15, -0.1) is 0 Å².